The lowest BCUT2D eigenvalue weighted by Crippen LogP contribution is -2.28. The van der Waals surface area contributed by atoms with Gasteiger partial charge in [0.05, 0.1) is 4.90 Å². The highest BCUT2D eigenvalue weighted by Crippen LogP contribution is 2.32. The number of sulfonamides is 1. The van der Waals surface area contributed by atoms with Crippen molar-refractivity contribution in [1.29, 1.82) is 0 Å². The highest BCUT2D eigenvalue weighted by molar-refractivity contribution is 7.89. The molecular formula is C18H17NO4S3. The number of rotatable bonds is 7. The van der Waals surface area contributed by atoms with Gasteiger partial charge < -0.3 is 5.11 Å². The van der Waals surface area contributed by atoms with Gasteiger partial charge >= 0.3 is 0 Å². The molecule has 3 aromatic rings. The van der Waals surface area contributed by atoms with Gasteiger partial charge in [-0.1, -0.05) is 12.1 Å². The second-order valence-electron chi connectivity index (χ2n) is 5.67. The van der Waals surface area contributed by atoms with Crippen molar-refractivity contribution in [2.75, 3.05) is 6.54 Å². The lowest BCUT2D eigenvalue weighted by atomic mass is 10.2. The van der Waals surface area contributed by atoms with Crippen molar-refractivity contribution in [3.63, 3.8) is 0 Å². The maximum Gasteiger partial charge on any atom is 0.240 e. The van der Waals surface area contributed by atoms with Crippen molar-refractivity contribution in [2.24, 2.45) is 0 Å². The number of carbonyl (C=O) groups is 1. The zero-order chi connectivity index (χ0) is 18.7. The summed E-state index contributed by atoms with van der Waals surface area (Å²) in [4.78, 5) is 13.1. The maximum absolute atomic E-state index is 12.4. The molecule has 26 heavy (non-hydrogen) atoms. The number of aliphatic hydroxyl groups excluding tert-OH is 1. The van der Waals surface area contributed by atoms with E-state index in [1.807, 2.05) is 22.9 Å². The van der Waals surface area contributed by atoms with E-state index in [9.17, 15) is 18.3 Å². The first-order valence-electron chi connectivity index (χ1n) is 7.78. The number of hydrogen-bond acceptors (Lipinski definition) is 6. The molecule has 1 aromatic carbocycles. The van der Waals surface area contributed by atoms with E-state index in [0.717, 1.165) is 10.4 Å². The van der Waals surface area contributed by atoms with Crippen molar-refractivity contribution in [3.8, 4) is 10.4 Å². The summed E-state index contributed by atoms with van der Waals surface area (Å²) in [6, 6.07) is 11.5. The van der Waals surface area contributed by atoms with Crippen LogP contribution in [0.4, 0.5) is 0 Å². The molecule has 0 saturated carbocycles. The van der Waals surface area contributed by atoms with E-state index in [1.54, 1.807) is 23.5 Å². The number of thiophene rings is 2. The highest BCUT2D eigenvalue weighted by atomic mass is 32.2. The minimum Gasteiger partial charge on any atom is -0.386 e. The fourth-order valence-corrected chi connectivity index (χ4v) is 5.15. The smallest absolute Gasteiger partial charge is 0.240 e. The number of carbonyl (C=O) groups excluding carboxylic acids is 1. The molecule has 1 atom stereocenters. The summed E-state index contributed by atoms with van der Waals surface area (Å²) < 4.78 is 27.2. The Labute approximate surface area is 160 Å². The topological polar surface area (TPSA) is 83.5 Å². The average Bonchev–Trinajstić information content (AvgIpc) is 3.31. The minimum atomic E-state index is -3.81. The molecule has 2 aromatic heterocycles. The van der Waals surface area contributed by atoms with Gasteiger partial charge in [0.25, 0.3) is 0 Å². The Morgan fingerprint density at radius 3 is 2.73 bits per heavy atom. The van der Waals surface area contributed by atoms with Crippen LogP contribution in [0.25, 0.3) is 10.4 Å². The number of nitrogens with one attached hydrogen (secondary N) is 1. The quantitative estimate of drug-likeness (QED) is 0.585. The monoisotopic (exact) mass is 407 g/mol. The zero-order valence-electron chi connectivity index (χ0n) is 13.9. The Bertz CT molecular complexity index is 1010. The third-order valence-corrected chi connectivity index (χ3v) is 7.12. The largest absolute Gasteiger partial charge is 0.386 e. The van der Waals surface area contributed by atoms with Gasteiger partial charge in [-0.05, 0) is 48.0 Å². The fraction of sp³-hybridized carbons (Fsp3) is 0.167. The summed E-state index contributed by atoms with van der Waals surface area (Å²) in [6.45, 7) is 1.24. The molecule has 5 nitrogen and oxygen atoms in total. The van der Waals surface area contributed by atoms with Gasteiger partial charge in [-0.25, -0.2) is 13.1 Å². The number of Topliss-reactive ketones (excluding diaryl/α,β-unsaturated/α-hetero) is 1. The van der Waals surface area contributed by atoms with E-state index in [0.29, 0.717) is 10.4 Å². The van der Waals surface area contributed by atoms with E-state index >= 15 is 0 Å². The number of aliphatic hydroxyl groups is 1. The first-order valence-corrected chi connectivity index (χ1v) is 11.0. The van der Waals surface area contributed by atoms with Gasteiger partial charge in [-0.2, -0.15) is 11.3 Å². The van der Waals surface area contributed by atoms with Crippen LogP contribution in [0.15, 0.2) is 58.1 Å². The van der Waals surface area contributed by atoms with Crippen molar-refractivity contribution >= 4 is 38.5 Å². The molecule has 3 rings (SSSR count). The third kappa shape index (κ3) is 4.28. The van der Waals surface area contributed by atoms with Crippen LogP contribution in [0, 0.1) is 0 Å². The summed E-state index contributed by atoms with van der Waals surface area (Å²) in [5.74, 6) is -0.207. The maximum atomic E-state index is 12.4. The number of benzene rings is 1. The van der Waals surface area contributed by atoms with E-state index in [1.165, 1.54) is 36.5 Å². The Hall–Kier alpha value is -1.84. The molecule has 0 aliphatic carbocycles. The molecule has 0 aliphatic heterocycles. The number of ketones is 1. The Kier molecular flexibility index (Phi) is 5.69. The zero-order valence-corrected chi connectivity index (χ0v) is 16.3. The molecule has 8 heteroatoms. The van der Waals surface area contributed by atoms with Crippen molar-refractivity contribution in [1.82, 2.24) is 4.72 Å². The Balaban J connectivity index is 1.69. The summed E-state index contributed by atoms with van der Waals surface area (Å²) in [5, 5.41) is 14.3. The van der Waals surface area contributed by atoms with Gasteiger partial charge in [-0.3, -0.25) is 4.79 Å². The second kappa shape index (κ2) is 7.81. The second-order valence-corrected chi connectivity index (χ2v) is 9.33. The lowest BCUT2D eigenvalue weighted by Gasteiger charge is -2.11. The van der Waals surface area contributed by atoms with Gasteiger partial charge in [0.2, 0.25) is 10.0 Å². The molecule has 0 saturated heterocycles. The van der Waals surface area contributed by atoms with Gasteiger partial charge in [0, 0.05) is 27.4 Å². The van der Waals surface area contributed by atoms with E-state index in [-0.39, 0.29) is 17.2 Å². The van der Waals surface area contributed by atoms with E-state index < -0.39 is 16.1 Å². The van der Waals surface area contributed by atoms with Crippen LogP contribution in [-0.4, -0.2) is 25.9 Å². The van der Waals surface area contributed by atoms with Crippen LogP contribution in [0.1, 0.15) is 28.3 Å². The molecule has 0 spiro atoms. The first kappa shape index (κ1) is 18.9. The number of hydrogen-bond donors (Lipinski definition) is 2. The van der Waals surface area contributed by atoms with Crippen LogP contribution < -0.4 is 4.72 Å². The summed E-state index contributed by atoms with van der Waals surface area (Å²) in [5.41, 5.74) is 1.41. The highest BCUT2D eigenvalue weighted by Gasteiger charge is 2.19. The van der Waals surface area contributed by atoms with Crippen molar-refractivity contribution in [2.45, 2.75) is 17.9 Å². The molecular weight excluding hydrogens is 390 g/mol. The summed E-state index contributed by atoms with van der Waals surface area (Å²) in [7, 11) is -3.81. The Morgan fingerprint density at radius 1 is 1.23 bits per heavy atom. The molecule has 2 heterocycles. The van der Waals surface area contributed by atoms with Crippen LogP contribution >= 0.6 is 22.7 Å². The molecule has 0 bridgehead atoms. The predicted octanol–water partition coefficient (Wildman–Crippen LogP) is 3.69. The van der Waals surface area contributed by atoms with Crippen LogP contribution in [0.3, 0.4) is 0 Å². The van der Waals surface area contributed by atoms with Crippen LogP contribution in [0.2, 0.25) is 0 Å². The van der Waals surface area contributed by atoms with E-state index in [2.05, 4.69) is 4.72 Å². The first-order chi connectivity index (χ1) is 12.4. The van der Waals surface area contributed by atoms with Crippen molar-refractivity contribution in [3.05, 3.63) is 63.7 Å². The molecule has 1 unspecified atom stereocenters. The molecule has 0 radical (unpaired) electrons. The third-order valence-electron chi connectivity index (χ3n) is 3.78. The van der Waals surface area contributed by atoms with Crippen LogP contribution in [-0.2, 0) is 10.0 Å². The van der Waals surface area contributed by atoms with E-state index in [4.69, 9.17) is 0 Å². The molecule has 0 amide bonds. The van der Waals surface area contributed by atoms with Crippen molar-refractivity contribution < 1.29 is 18.3 Å². The van der Waals surface area contributed by atoms with Gasteiger partial charge in [0.15, 0.2) is 5.78 Å². The standard InChI is InChI=1S/C18H17NO4S3/c1-12(20)13-3-2-4-15(9-13)26(22,23)19-10-16(21)18-6-5-17(25-18)14-7-8-24-11-14/h2-9,11,16,19,21H,10H2,1H3. The SMILES string of the molecule is CC(=O)c1cccc(S(=O)(=O)NCC(O)c2ccc(-c3ccsc3)s2)c1. The summed E-state index contributed by atoms with van der Waals surface area (Å²) >= 11 is 3.02. The van der Waals surface area contributed by atoms with Gasteiger partial charge in [-0.15, -0.1) is 11.3 Å². The lowest BCUT2D eigenvalue weighted by molar-refractivity contribution is 0.101. The normalized spacial score (nSPS) is 12.8. The fourth-order valence-electron chi connectivity index (χ4n) is 2.35. The minimum absolute atomic E-state index is 0.00235. The molecule has 136 valence electrons. The van der Waals surface area contributed by atoms with Gasteiger partial charge in [0.1, 0.15) is 6.10 Å². The van der Waals surface area contributed by atoms with Crippen LogP contribution in [0.5, 0.6) is 0 Å². The summed E-state index contributed by atoms with van der Waals surface area (Å²) in [6.07, 6.45) is -0.946. The molecule has 0 fully saturated rings. The average molecular weight is 408 g/mol. The molecule has 2 N–H and O–H groups in total. The Morgan fingerprint density at radius 2 is 2.04 bits per heavy atom. The molecule has 0 aliphatic rings. The predicted molar refractivity (Wildman–Crippen MR) is 104 cm³/mol.